The molecule has 0 heterocycles. The van der Waals surface area contributed by atoms with E-state index >= 15 is 0 Å². The maximum Gasteiger partial charge on any atom is 0.274 e. The summed E-state index contributed by atoms with van der Waals surface area (Å²) >= 11 is 3.04. The average molecular weight is 291 g/mol. The lowest BCUT2D eigenvalue weighted by molar-refractivity contribution is -0.124. The summed E-state index contributed by atoms with van der Waals surface area (Å²) in [7, 11) is 0. The predicted octanol–water partition coefficient (Wildman–Crippen LogP) is 0.735. The number of hydrogen-bond donors (Lipinski definition) is 2. The largest absolute Gasteiger partial charge is 0.368 e. The summed E-state index contributed by atoms with van der Waals surface area (Å²) in [5.41, 5.74) is 6.81. The van der Waals surface area contributed by atoms with Crippen molar-refractivity contribution >= 4 is 27.7 Å². The van der Waals surface area contributed by atoms with E-state index in [-0.39, 0.29) is 5.56 Å². The van der Waals surface area contributed by atoms with Crippen LogP contribution in [0, 0.1) is 5.82 Å². The van der Waals surface area contributed by atoms with Crippen molar-refractivity contribution in [1.29, 1.82) is 0 Å². The molecule has 0 bridgehead atoms. The summed E-state index contributed by atoms with van der Waals surface area (Å²) in [6.45, 7) is -0.442. The number of hydroxylamine groups is 1. The fraction of sp³-hybridized carbons (Fsp3) is 0.111. The molecule has 0 saturated carbocycles. The Balaban J connectivity index is 2.62. The van der Waals surface area contributed by atoms with Gasteiger partial charge < -0.3 is 5.73 Å². The van der Waals surface area contributed by atoms with Crippen LogP contribution in [0.5, 0.6) is 0 Å². The van der Waals surface area contributed by atoms with E-state index in [1.165, 1.54) is 12.1 Å². The molecule has 0 radical (unpaired) electrons. The van der Waals surface area contributed by atoms with Crippen LogP contribution in [0.15, 0.2) is 22.7 Å². The first-order chi connectivity index (χ1) is 7.49. The minimum Gasteiger partial charge on any atom is -0.368 e. The number of amides is 2. The van der Waals surface area contributed by atoms with Crippen molar-refractivity contribution in [3.05, 3.63) is 34.1 Å². The molecule has 0 aliphatic heterocycles. The van der Waals surface area contributed by atoms with Gasteiger partial charge in [-0.3, -0.25) is 14.4 Å². The molecule has 0 saturated heterocycles. The molecule has 0 aliphatic carbocycles. The maximum atomic E-state index is 12.9. The van der Waals surface area contributed by atoms with Gasteiger partial charge in [-0.2, -0.15) is 0 Å². The summed E-state index contributed by atoms with van der Waals surface area (Å²) in [5, 5.41) is 0. The molecule has 1 rings (SSSR count). The molecule has 0 atom stereocenters. The molecule has 0 aromatic heterocycles. The van der Waals surface area contributed by atoms with Crippen molar-refractivity contribution in [2.45, 2.75) is 0 Å². The van der Waals surface area contributed by atoms with Gasteiger partial charge in [0, 0.05) is 10.0 Å². The standard InChI is InChI=1S/C9H8BrFN2O3/c10-6-1-5(2-7(11)3-6)9(15)13-16-4-8(12)14/h1-3H,4H2,(H2,12,14)(H,13,15). The van der Waals surface area contributed by atoms with E-state index in [1.54, 1.807) is 0 Å². The average Bonchev–Trinajstić information content (AvgIpc) is 2.15. The van der Waals surface area contributed by atoms with Crippen LogP contribution in [0.3, 0.4) is 0 Å². The maximum absolute atomic E-state index is 12.9. The highest BCUT2D eigenvalue weighted by atomic mass is 79.9. The Morgan fingerprint density at radius 3 is 2.69 bits per heavy atom. The molecular weight excluding hydrogens is 283 g/mol. The minimum absolute atomic E-state index is 0.0661. The fourth-order valence-electron chi connectivity index (χ4n) is 0.917. The second kappa shape index (κ2) is 5.57. The third-order valence-corrected chi connectivity index (χ3v) is 1.96. The Hall–Kier alpha value is -1.47. The first-order valence-corrected chi connectivity index (χ1v) is 4.95. The Kier molecular flexibility index (Phi) is 4.39. The van der Waals surface area contributed by atoms with Crippen molar-refractivity contribution in [2.75, 3.05) is 6.61 Å². The van der Waals surface area contributed by atoms with E-state index in [1.807, 2.05) is 5.48 Å². The third-order valence-electron chi connectivity index (χ3n) is 1.50. The van der Waals surface area contributed by atoms with E-state index in [0.29, 0.717) is 4.47 Å². The van der Waals surface area contributed by atoms with Gasteiger partial charge in [0.15, 0.2) is 6.61 Å². The molecule has 7 heteroatoms. The molecule has 2 amide bonds. The van der Waals surface area contributed by atoms with Crippen molar-refractivity contribution in [3.63, 3.8) is 0 Å². The van der Waals surface area contributed by atoms with Crippen molar-refractivity contribution < 1.29 is 18.8 Å². The lowest BCUT2D eigenvalue weighted by atomic mass is 10.2. The second-order valence-corrected chi connectivity index (χ2v) is 3.76. The van der Waals surface area contributed by atoms with E-state index in [9.17, 15) is 14.0 Å². The van der Waals surface area contributed by atoms with Crippen LogP contribution in [0.4, 0.5) is 4.39 Å². The molecule has 86 valence electrons. The lowest BCUT2D eigenvalue weighted by Gasteiger charge is -2.04. The summed E-state index contributed by atoms with van der Waals surface area (Å²) in [5.74, 6) is -1.95. The van der Waals surface area contributed by atoms with Gasteiger partial charge in [0.25, 0.3) is 5.91 Å². The molecule has 1 aromatic carbocycles. The van der Waals surface area contributed by atoms with E-state index in [0.717, 1.165) is 6.07 Å². The summed E-state index contributed by atoms with van der Waals surface area (Å²) < 4.78 is 13.3. The van der Waals surface area contributed by atoms with Crippen LogP contribution < -0.4 is 11.2 Å². The quantitative estimate of drug-likeness (QED) is 0.803. The number of nitrogens with one attached hydrogen (secondary N) is 1. The van der Waals surface area contributed by atoms with Gasteiger partial charge in [0.2, 0.25) is 5.91 Å². The Bertz CT molecular complexity index is 405. The van der Waals surface area contributed by atoms with Crippen LogP contribution in [-0.4, -0.2) is 18.4 Å². The third kappa shape index (κ3) is 3.95. The van der Waals surface area contributed by atoms with Crippen LogP contribution in [0.2, 0.25) is 0 Å². The van der Waals surface area contributed by atoms with Crippen LogP contribution in [0.1, 0.15) is 10.4 Å². The predicted molar refractivity (Wildman–Crippen MR) is 56.7 cm³/mol. The smallest absolute Gasteiger partial charge is 0.274 e. The molecule has 5 nitrogen and oxygen atoms in total. The first kappa shape index (κ1) is 12.6. The van der Waals surface area contributed by atoms with Crippen LogP contribution >= 0.6 is 15.9 Å². The van der Waals surface area contributed by atoms with Crippen molar-refractivity contribution in [2.24, 2.45) is 5.73 Å². The number of hydrogen-bond acceptors (Lipinski definition) is 3. The van der Waals surface area contributed by atoms with E-state index < -0.39 is 24.2 Å². The lowest BCUT2D eigenvalue weighted by Crippen LogP contribution is -2.29. The van der Waals surface area contributed by atoms with Crippen LogP contribution in [-0.2, 0) is 9.63 Å². The van der Waals surface area contributed by atoms with E-state index in [4.69, 9.17) is 5.73 Å². The Labute approximate surface area is 98.8 Å². The highest BCUT2D eigenvalue weighted by Crippen LogP contribution is 2.14. The number of benzene rings is 1. The number of carbonyl (C=O) groups excluding carboxylic acids is 2. The van der Waals surface area contributed by atoms with Crippen molar-refractivity contribution in [3.8, 4) is 0 Å². The number of nitrogens with two attached hydrogens (primary N) is 1. The second-order valence-electron chi connectivity index (χ2n) is 2.84. The highest BCUT2D eigenvalue weighted by molar-refractivity contribution is 9.10. The van der Waals surface area contributed by atoms with Crippen LogP contribution in [0.25, 0.3) is 0 Å². The molecule has 1 aromatic rings. The number of halogens is 2. The van der Waals surface area contributed by atoms with Gasteiger partial charge in [-0.15, -0.1) is 0 Å². The summed E-state index contributed by atoms with van der Waals surface area (Å²) in [6, 6.07) is 3.65. The summed E-state index contributed by atoms with van der Waals surface area (Å²) in [4.78, 5) is 26.1. The molecule has 3 N–H and O–H groups in total. The van der Waals surface area contributed by atoms with Gasteiger partial charge in [-0.25, -0.2) is 9.87 Å². The monoisotopic (exact) mass is 290 g/mol. The summed E-state index contributed by atoms with van der Waals surface area (Å²) in [6.07, 6.45) is 0. The van der Waals surface area contributed by atoms with Crippen molar-refractivity contribution in [1.82, 2.24) is 5.48 Å². The number of rotatable bonds is 4. The van der Waals surface area contributed by atoms with E-state index in [2.05, 4.69) is 20.8 Å². The molecule has 0 aliphatic rings. The van der Waals surface area contributed by atoms with Gasteiger partial charge >= 0.3 is 0 Å². The highest BCUT2D eigenvalue weighted by Gasteiger charge is 2.08. The first-order valence-electron chi connectivity index (χ1n) is 4.15. The molecule has 16 heavy (non-hydrogen) atoms. The van der Waals surface area contributed by atoms with Gasteiger partial charge in [-0.1, -0.05) is 15.9 Å². The SMILES string of the molecule is NC(=O)CONC(=O)c1cc(F)cc(Br)c1. The molecular formula is C9H8BrFN2O3. The Morgan fingerprint density at radius 2 is 2.12 bits per heavy atom. The van der Waals surface area contributed by atoms with Gasteiger partial charge in [0.1, 0.15) is 5.82 Å². The number of primary amides is 1. The zero-order valence-corrected chi connectivity index (χ0v) is 9.58. The zero-order valence-electron chi connectivity index (χ0n) is 8.00. The fourth-order valence-corrected chi connectivity index (χ4v) is 1.38. The van der Waals surface area contributed by atoms with Gasteiger partial charge in [0.05, 0.1) is 0 Å². The molecule has 0 spiro atoms. The Morgan fingerprint density at radius 1 is 1.44 bits per heavy atom. The topological polar surface area (TPSA) is 81.4 Å². The minimum atomic E-state index is -0.722. The normalized spacial score (nSPS) is 9.88. The molecule has 0 unspecified atom stereocenters. The zero-order chi connectivity index (χ0) is 12.1. The van der Waals surface area contributed by atoms with Gasteiger partial charge in [-0.05, 0) is 18.2 Å². The molecule has 0 fully saturated rings. The number of carbonyl (C=O) groups is 2.